The van der Waals surface area contributed by atoms with Gasteiger partial charge in [0.05, 0.1) is 19.0 Å². The fraction of sp³-hybridized carbons (Fsp3) is 0.217. The first-order valence-electron chi connectivity index (χ1n) is 9.27. The van der Waals surface area contributed by atoms with Gasteiger partial charge in [0, 0.05) is 12.2 Å². The van der Waals surface area contributed by atoms with Gasteiger partial charge in [0.25, 0.3) is 5.91 Å². The van der Waals surface area contributed by atoms with E-state index in [1.165, 1.54) is 5.56 Å². The predicted molar refractivity (Wildman–Crippen MR) is 113 cm³/mol. The second-order valence-corrected chi connectivity index (χ2v) is 6.68. The molecule has 5 nitrogen and oxygen atoms in total. The lowest BCUT2D eigenvalue weighted by Gasteiger charge is -2.11. The van der Waals surface area contributed by atoms with Gasteiger partial charge in [-0.1, -0.05) is 30.3 Å². The summed E-state index contributed by atoms with van der Waals surface area (Å²) in [5, 5.41) is 6.29. The number of anilines is 2. The van der Waals surface area contributed by atoms with Crippen molar-refractivity contribution in [3.63, 3.8) is 0 Å². The number of ether oxygens (including phenoxy) is 1. The first kappa shape index (κ1) is 19.4. The lowest BCUT2D eigenvalue weighted by Crippen LogP contribution is -2.15. The number of hydrogen-bond donors (Lipinski definition) is 2. The summed E-state index contributed by atoms with van der Waals surface area (Å²) in [7, 11) is 1.66. The molecule has 0 saturated heterocycles. The van der Waals surface area contributed by atoms with Gasteiger partial charge in [0.15, 0.2) is 0 Å². The summed E-state index contributed by atoms with van der Waals surface area (Å²) in [5.74, 6) is 0.651. The lowest BCUT2D eigenvalue weighted by molar-refractivity contribution is 0.102. The number of nitrogens with one attached hydrogen (secondary N) is 2. The number of hydrogen-bond acceptors (Lipinski definition) is 4. The minimum atomic E-state index is -0.206. The molecule has 0 aliphatic carbocycles. The topological polar surface area (TPSA) is 63.2 Å². The van der Waals surface area contributed by atoms with E-state index in [9.17, 15) is 4.79 Å². The van der Waals surface area contributed by atoms with Gasteiger partial charge in [-0.2, -0.15) is 0 Å². The van der Waals surface area contributed by atoms with Crippen molar-refractivity contribution >= 4 is 17.3 Å². The molecule has 0 aliphatic rings. The third-order valence-electron chi connectivity index (χ3n) is 4.62. The maximum absolute atomic E-state index is 12.5. The van der Waals surface area contributed by atoms with Gasteiger partial charge in [-0.3, -0.25) is 4.79 Å². The van der Waals surface area contributed by atoms with Crippen molar-refractivity contribution in [1.82, 2.24) is 4.98 Å². The second-order valence-electron chi connectivity index (χ2n) is 6.68. The number of carbonyl (C=O) groups is 1. The Labute approximate surface area is 165 Å². The van der Waals surface area contributed by atoms with Crippen LogP contribution in [-0.4, -0.2) is 24.5 Å². The van der Waals surface area contributed by atoms with Crippen molar-refractivity contribution in [2.45, 2.75) is 20.3 Å². The molecule has 0 saturated carbocycles. The minimum absolute atomic E-state index is 0.206. The Hall–Kier alpha value is -3.34. The normalized spacial score (nSPS) is 10.4. The van der Waals surface area contributed by atoms with E-state index in [2.05, 4.69) is 27.8 Å². The summed E-state index contributed by atoms with van der Waals surface area (Å²) in [4.78, 5) is 16.8. The molecule has 2 aromatic carbocycles. The molecular formula is C23H25N3O2. The maximum Gasteiger partial charge on any atom is 0.274 e. The highest BCUT2D eigenvalue weighted by Gasteiger charge is 2.10. The number of amides is 1. The highest BCUT2D eigenvalue weighted by Crippen LogP contribution is 2.20. The third-order valence-corrected chi connectivity index (χ3v) is 4.62. The molecule has 1 heterocycles. The van der Waals surface area contributed by atoms with E-state index in [1.54, 1.807) is 19.4 Å². The standard InChI is InChI=1S/C23H25N3O2/c1-16-5-4-6-17(2)22(16)26-23(27)21-12-9-19(15-25-21)24-14-13-18-7-10-20(28-3)11-8-18/h4-12,15,24H,13-14H2,1-3H3,(H,26,27). The lowest BCUT2D eigenvalue weighted by atomic mass is 10.1. The van der Waals surface area contributed by atoms with Crippen LogP contribution in [0.2, 0.25) is 0 Å². The number of para-hydroxylation sites is 1. The van der Waals surface area contributed by atoms with Gasteiger partial charge in [0.2, 0.25) is 0 Å². The van der Waals surface area contributed by atoms with Crippen LogP contribution in [0.5, 0.6) is 5.75 Å². The Morgan fingerprint density at radius 3 is 2.32 bits per heavy atom. The summed E-state index contributed by atoms with van der Waals surface area (Å²) in [6.07, 6.45) is 2.58. The van der Waals surface area contributed by atoms with E-state index in [1.807, 2.05) is 50.2 Å². The number of pyridine rings is 1. The molecule has 1 aromatic heterocycles. The molecule has 0 unspecified atom stereocenters. The average Bonchev–Trinajstić information content (AvgIpc) is 2.72. The summed E-state index contributed by atoms with van der Waals surface area (Å²) >= 11 is 0. The van der Waals surface area contributed by atoms with E-state index in [4.69, 9.17) is 4.74 Å². The van der Waals surface area contributed by atoms with Gasteiger partial charge < -0.3 is 15.4 Å². The zero-order valence-corrected chi connectivity index (χ0v) is 16.5. The van der Waals surface area contributed by atoms with Crippen molar-refractivity contribution in [3.05, 3.63) is 83.2 Å². The molecule has 3 rings (SSSR count). The molecule has 0 bridgehead atoms. The van der Waals surface area contributed by atoms with Crippen molar-refractivity contribution in [3.8, 4) is 5.75 Å². The fourth-order valence-corrected chi connectivity index (χ4v) is 2.97. The van der Waals surface area contributed by atoms with E-state index < -0.39 is 0 Å². The Morgan fingerprint density at radius 2 is 1.71 bits per heavy atom. The maximum atomic E-state index is 12.5. The molecule has 5 heteroatoms. The molecule has 0 fully saturated rings. The molecule has 0 aliphatic heterocycles. The number of rotatable bonds is 7. The van der Waals surface area contributed by atoms with Crippen molar-refractivity contribution in [1.29, 1.82) is 0 Å². The molecule has 144 valence electrons. The van der Waals surface area contributed by atoms with Crippen LogP contribution in [-0.2, 0) is 6.42 Å². The molecule has 0 atom stereocenters. The molecule has 1 amide bonds. The van der Waals surface area contributed by atoms with Crippen molar-refractivity contribution in [2.24, 2.45) is 0 Å². The number of carbonyl (C=O) groups excluding carboxylic acids is 1. The summed E-state index contributed by atoms with van der Waals surface area (Å²) < 4.78 is 5.17. The average molecular weight is 375 g/mol. The monoisotopic (exact) mass is 375 g/mol. The number of aryl methyl sites for hydroxylation is 2. The highest BCUT2D eigenvalue weighted by molar-refractivity contribution is 6.03. The van der Waals surface area contributed by atoms with Crippen LogP contribution in [0.15, 0.2) is 60.8 Å². The fourth-order valence-electron chi connectivity index (χ4n) is 2.97. The van der Waals surface area contributed by atoms with E-state index >= 15 is 0 Å². The van der Waals surface area contributed by atoms with Crippen molar-refractivity contribution < 1.29 is 9.53 Å². The van der Waals surface area contributed by atoms with Gasteiger partial charge in [-0.05, 0) is 61.2 Å². The first-order chi connectivity index (χ1) is 13.6. The molecular weight excluding hydrogens is 350 g/mol. The van der Waals surface area contributed by atoms with Gasteiger partial charge in [0.1, 0.15) is 11.4 Å². The number of methoxy groups -OCH3 is 1. The Kier molecular flexibility index (Phi) is 6.27. The smallest absolute Gasteiger partial charge is 0.274 e. The van der Waals surface area contributed by atoms with E-state index in [-0.39, 0.29) is 5.91 Å². The molecule has 0 radical (unpaired) electrons. The Balaban J connectivity index is 1.54. The highest BCUT2D eigenvalue weighted by atomic mass is 16.5. The zero-order chi connectivity index (χ0) is 19.9. The molecule has 2 N–H and O–H groups in total. The van der Waals surface area contributed by atoms with Crippen LogP contribution in [0.25, 0.3) is 0 Å². The largest absolute Gasteiger partial charge is 0.497 e. The summed E-state index contributed by atoms with van der Waals surface area (Å²) in [6.45, 7) is 4.74. The third kappa shape index (κ3) is 4.88. The van der Waals surface area contributed by atoms with Crippen LogP contribution >= 0.6 is 0 Å². The minimum Gasteiger partial charge on any atom is -0.497 e. The molecule has 3 aromatic rings. The summed E-state index contributed by atoms with van der Waals surface area (Å²) in [6, 6.07) is 17.6. The van der Waals surface area contributed by atoms with Crippen LogP contribution in [0.1, 0.15) is 27.2 Å². The predicted octanol–water partition coefficient (Wildman–Crippen LogP) is 4.61. The van der Waals surface area contributed by atoms with Gasteiger partial charge >= 0.3 is 0 Å². The Bertz CT molecular complexity index is 915. The number of nitrogens with zero attached hydrogens (tertiary/aromatic N) is 1. The molecule has 0 spiro atoms. The Morgan fingerprint density at radius 1 is 1.00 bits per heavy atom. The van der Waals surface area contributed by atoms with Gasteiger partial charge in [-0.25, -0.2) is 4.98 Å². The zero-order valence-electron chi connectivity index (χ0n) is 16.5. The van der Waals surface area contributed by atoms with Crippen LogP contribution in [0.4, 0.5) is 11.4 Å². The van der Waals surface area contributed by atoms with Crippen LogP contribution in [0, 0.1) is 13.8 Å². The van der Waals surface area contributed by atoms with E-state index in [0.29, 0.717) is 5.69 Å². The van der Waals surface area contributed by atoms with Crippen molar-refractivity contribution in [2.75, 3.05) is 24.3 Å². The number of aromatic nitrogens is 1. The molecule has 28 heavy (non-hydrogen) atoms. The van der Waals surface area contributed by atoms with Crippen LogP contribution < -0.4 is 15.4 Å². The van der Waals surface area contributed by atoms with Crippen LogP contribution in [0.3, 0.4) is 0 Å². The first-order valence-corrected chi connectivity index (χ1v) is 9.27. The summed E-state index contributed by atoms with van der Waals surface area (Å²) in [5.41, 5.74) is 5.41. The quantitative estimate of drug-likeness (QED) is 0.633. The van der Waals surface area contributed by atoms with Gasteiger partial charge in [-0.15, -0.1) is 0 Å². The second kappa shape index (κ2) is 9.04. The number of benzene rings is 2. The SMILES string of the molecule is COc1ccc(CCNc2ccc(C(=O)Nc3c(C)cccc3C)nc2)cc1. The van der Waals surface area contributed by atoms with E-state index in [0.717, 1.165) is 41.2 Å².